The molecule has 19 heteroatoms. The molecule has 2 saturated heterocycles. The standard InChI is InChI=1S/C37H48N10O4.C2HF3O2/c1-3-30(48)41-28-20-29(33(50)32(28)49)47-23-39-31-34(38-21-27(24-10-6-4-7-11-24)25-12-8-5-9-13-25)42-36(43-35(31)47)46-15-14-26(22-46)40-37(51)45-18-16-44(2)17-19-45;3-2(4,5)1(6)7/h4-13,23,26-29,32-33,49-50H,3,14-22H2,1-2H3,(H,40,51)(H,41,48)(H,38,42,43);(H,6,7)/t26-,28+,29-,32-,33+;/m1./s1. The van der Waals surface area contributed by atoms with Crippen molar-refractivity contribution < 1.29 is 42.9 Å². The summed E-state index contributed by atoms with van der Waals surface area (Å²) in [6, 6.07) is 19.4. The maximum absolute atomic E-state index is 13.1. The molecule has 0 radical (unpaired) electrons. The number of rotatable bonds is 10. The van der Waals surface area contributed by atoms with Crippen LogP contribution in [0.15, 0.2) is 67.0 Å². The second-order valence-electron chi connectivity index (χ2n) is 14.7. The van der Waals surface area contributed by atoms with E-state index in [9.17, 15) is 33.0 Å². The van der Waals surface area contributed by atoms with Crippen LogP contribution in [0.5, 0.6) is 0 Å². The molecule has 0 bridgehead atoms. The number of nitrogens with one attached hydrogen (secondary N) is 3. The number of nitrogens with zero attached hydrogens (tertiary/aromatic N) is 7. The van der Waals surface area contributed by atoms with Gasteiger partial charge in [0, 0.05) is 64.2 Å². The average Bonchev–Trinajstić information content (AvgIpc) is 3.93. The summed E-state index contributed by atoms with van der Waals surface area (Å²) in [5.74, 6) is -1.87. The smallest absolute Gasteiger partial charge is 0.475 e. The highest BCUT2D eigenvalue weighted by Crippen LogP contribution is 2.35. The van der Waals surface area contributed by atoms with Gasteiger partial charge >= 0.3 is 18.2 Å². The van der Waals surface area contributed by atoms with Crippen LogP contribution in [0.1, 0.15) is 49.3 Å². The zero-order valence-electron chi connectivity index (χ0n) is 32.2. The monoisotopic (exact) mass is 810 g/mol. The number of hydrogen-bond acceptors (Lipinski definition) is 11. The fourth-order valence-corrected chi connectivity index (χ4v) is 7.48. The van der Waals surface area contributed by atoms with E-state index in [1.54, 1.807) is 17.8 Å². The summed E-state index contributed by atoms with van der Waals surface area (Å²) in [5.41, 5.74) is 3.38. The van der Waals surface area contributed by atoms with Gasteiger partial charge in [-0.1, -0.05) is 67.6 Å². The summed E-state index contributed by atoms with van der Waals surface area (Å²) >= 11 is 0. The molecule has 2 aliphatic heterocycles. The third-order valence-corrected chi connectivity index (χ3v) is 10.8. The molecule has 3 amide bonds. The molecule has 1 saturated carbocycles. The topological polar surface area (TPSA) is 201 Å². The van der Waals surface area contributed by atoms with Crippen LogP contribution in [0, 0.1) is 0 Å². The molecular weight excluding hydrogens is 761 g/mol. The number of alkyl halides is 3. The number of imidazole rings is 1. The fourth-order valence-electron chi connectivity index (χ4n) is 7.48. The third kappa shape index (κ3) is 9.94. The van der Waals surface area contributed by atoms with E-state index in [0.717, 1.165) is 30.6 Å². The van der Waals surface area contributed by atoms with Crippen molar-refractivity contribution in [1.29, 1.82) is 0 Å². The summed E-state index contributed by atoms with van der Waals surface area (Å²) in [7, 11) is 2.07. The van der Waals surface area contributed by atoms with Gasteiger partial charge in [-0.2, -0.15) is 23.1 Å². The van der Waals surface area contributed by atoms with Crippen LogP contribution in [0.25, 0.3) is 11.2 Å². The molecule has 4 aromatic rings. The van der Waals surface area contributed by atoms with Crippen LogP contribution in [0.2, 0.25) is 0 Å². The van der Waals surface area contributed by atoms with Gasteiger partial charge in [0.05, 0.1) is 18.4 Å². The third-order valence-electron chi connectivity index (χ3n) is 10.8. The van der Waals surface area contributed by atoms with Gasteiger partial charge in [0.15, 0.2) is 17.0 Å². The Morgan fingerprint density at radius 3 is 2.10 bits per heavy atom. The number of carbonyl (C=O) groups excluding carboxylic acids is 2. The molecule has 0 spiro atoms. The highest BCUT2D eigenvalue weighted by Gasteiger charge is 2.44. The molecule has 16 nitrogen and oxygen atoms in total. The Morgan fingerprint density at radius 2 is 1.52 bits per heavy atom. The number of aliphatic carboxylic acids is 1. The fraction of sp³-hybridized carbons (Fsp3) is 0.487. The lowest BCUT2D eigenvalue weighted by molar-refractivity contribution is -0.192. The number of carbonyl (C=O) groups is 3. The molecule has 3 aliphatic rings. The molecule has 58 heavy (non-hydrogen) atoms. The van der Waals surface area contributed by atoms with Crippen molar-refractivity contribution in [3.8, 4) is 0 Å². The van der Waals surface area contributed by atoms with Crippen molar-refractivity contribution in [2.24, 2.45) is 0 Å². The minimum Gasteiger partial charge on any atom is -0.475 e. The number of anilines is 2. The summed E-state index contributed by atoms with van der Waals surface area (Å²) < 4.78 is 33.5. The number of urea groups is 1. The van der Waals surface area contributed by atoms with Crippen LogP contribution >= 0.6 is 0 Å². The zero-order chi connectivity index (χ0) is 41.6. The Bertz CT molecular complexity index is 1980. The molecule has 5 atom stereocenters. The van der Waals surface area contributed by atoms with Gasteiger partial charge in [0.1, 0.15) is 12.2 Å². The highest BCUT2D eigenvalue weighted by atomic mass is 19.4. The Balaban J connectivity index is 0.000000743. The molecule has 1 aliphatic carbocycles. The van der Waals surface area contributed by atoms with Gasteiger partial charge in [-0.15, -0.1) is 0 Å². The van der Waals surface area contributed by atoms with E-state index in [2.05, 4.69) is 57.1 Å². The van der Waals surface area contributed by atoms with Gasteiger partial charge in [0.2, 0.25) is 11.9 Å². The van der Waals surface area contributed by atoms with E-state index in [-0.39, 0.29) is 30.3 Å². The predicted octanol–water partition coefficient (Wildman–Crippen LogP) is 2.80. The lowest BCUT2D eigenvalue weighted by atomic mass is 9.91. The number of aliphatic hydroxyl groups excluding tert-OH is 2. The van der Waals surface area contributed by atoms with Crippen LogP contribution in [-0.2, 0) is 9.59 Å². The molecule has 2 aromatic carbocycles. The number of amides is 3. The van der Waals surface area contributed by atoms with E-state index in [1.165, 1.54) is 0 Å². The molecule has 312 valence electrons. The number of carboxylic acid groups (broad SMARTS) is 1. The van der Waals surface area contributed by atoms with E-state index in [0.29, 0.717) is 62.1 Å². The predicted molar refractivity (Wildman–Crippen MR) is 208 cm³/mol. The van der Waals surface area contributed by atoms with E-state index < -0.39 is 36.4 Å². The van der Waals surface area contributed by atoms with Crippen molar-refractivity contribution >= 4 is 40.8 Å². The summed E-state index contributed by atoms with van der Waals surface area (Å²) in [4.78, 5) is 55.1. The molecule has 2 aromatic heterocycles. The number of carboxylic acids is 1. The van der Waals surface area contributed by atoms with Crippen LogP contribution in [-0.4, -0.2) is 146 Å². The van der Waals surface area contributed by atoms with E-state index >= 15 is 0 Å². The quantitative estimate of drug-likeness (QED) is 0.137. The number of piperazine rings is 1. The molecule has 4 heterocycles. The Kier molecular flexibility index (Phi) is 13.3. The lowest BCUT2D eigenvalue weighted by Gasteiger charge is -2.33. The normalized spacial score (nSPS) is 22.4. The Morgan fingerprint density at radius 1 is 0.897 bits per heavy atom. The maximum Gasteiger partial charge on any atom is 0.490 e. The summed E-state index contributed by atoms with van der Waals surface area (Å²) in [6.07, 6.45) is -4.38. The maximum atomic E-state index is 13.1. The second kappa shape index (κ2) is 18.4. The second-order valence-corrected chi connectivity index (χ2v) is 14.7. The number of hydrogen-bond donors (Lipinski definition) is 6. The molecule has 6 N–H and O–H groups in total. The minimum absolute atomic E-state index is 0.0265. The number of likely N-dealkylation sites (N-methyl/N-ethyl adjacent to an activating group) is 1. The van der Waals surface area contributed by atoms with Crippen molar-refractivity contribution in [2.75, 3.05) is 63.1 Å². The largest absolute Gasteiger partial charge is 0.490 e. The number of halogens is 3. The van der Waals surface area contributed by atoms with Gasteiger partial charge in [-0.25, -0.2) is 14.6 Å². The first kappa shape index (κ1) is 42.1. The first-order valence-corrected chi connectivity index (χ1v) is 19.3. The molecule has 3 fully saturated rings. The SMILES string of the molecule is CCC(=O)N[C@H]1C[C@@H](n2cnc3c(NCC(c4ccccc4)c4ccccc4)nc(N4CC[C@@H](NC(=O)N5CCN(C)CC5)C4)nc32)[C@H](O)[C@@H]1O.O=C(O)C(F)(F)F. The molecule has 0 unspecified atom stereocenters. The minimum atomic E-state index is -5.08. The van der Waals surface area contributed by atoms with Crippen LogP contribution in [0.3, 0.4) is 0 Å². The highest BCUT2D eigenvalue weighted by molar-refractivity contribution is 5.85. The first-order chi connectivity index (χ1) is 27.7. The van der Waals surface area contributed by atoms with Crippen molar-refractivity contribution in [1.82, 2.24) is 40.0 Å². The van der Waals surface area contributed by atoms with Crippen LogP contribution < -0.4 is 20.9 Å². The number of benzene rings is 2. The number of aliphatic hydroxyl groups is 2. The lowest BCUT2D eigenvalue weighted by Crippen LogP contribution is -2.53. The Labute approximate surface area is 333 Å². The number of fused-ring (bicyclic) bond motifs is 1. The summed E-state index contributed by atoms with van der Waals surface area (Å²) in [6.45, 7) is 6.60. The molecular formula is C39H49F3N10O6. The molecule has 7 rings (SSSR count). The average molecular weight is 811 g/mol. The van der Waals surface area contributed by atoms with Crippen molar-refractivity contribution in [3.05, 3.63) is 78.1 Å². The van der Waals surface area contributed by atoms with Gasteiger partial charge in [-0.3, -0.25) is 4.79 Å². The van der Waals surface area contributed by atoms with Crippen molar-refractivity contribution in [3.63, 3.8) is 0 Å². The zero-order valence-corrected chi connectivity index (χ0v) is 32.2. The van der Waals surface area contributed by atoms with Gasteiger partial charge in [-0.05, 0) is 31.0 Å². The van der Waals surface area contributed by atoms with Crippen molar-refractivity contribution in [2.45, 2.75) is 68.6 Å². The van der Waals surface area contributed by atoms with Crippen LogP contribution in [0.4, 0.5) is 29.7 Å². The van der Waals surface area contributed by atoms with E-state index in [1.807, 2.05) is 41.3 Å². The van der Waals surface area contributed by atoms with E-state index in [4.69, 9.17) is 24.9 Å². The van der Waals surface area contributed by atoms with Gasteiger partial charge < -0.3 is 50.5 Å². The first-order valence-electron chi connectivity index (χ1n) is 19.3. The van der Waals surface area contributed by atoms with Gasteiger partial charge in [0.25, 0.3) is 0 Å². The Hall–Kier alpha value is -5.53. The number of aromatic nitrogens is 4. The summed E-state index contributed by atoms with van der Waals surface area (Å²) in [5, 5.41) is 38.9.